The first-order valence-corrected chi connectivity index (χ1v) is 8.93. The number of benzene rings is 1. The Hall–Kier alpha value is -0.380. The molecule has 1 saturated carbocycles. The van der Waals surface area contributed by atoms with Gasteiger partial charge < -0.3 is 10.8 Å². The molecule has 0 heterocycles. The molecule has 2 nitrogen and oxygen atoms in total. The van der Waals surface area contributed by atoms with Crippen molar-refractivity contribution >= 4 is 15.9 Å². The van der Waals surface area contributed by atoms with Gasteiger partial charge in [-0.25, -0.2) is 0 Å². The highest BCUT2D eigenvalue weighted by Crippen LogP contribution is 2.51. The molecule has 3 N–H and O–H groups in total. The number of nitrogens with two attached hydrogens (primary N) is 1. The van der Waals surface area contributed by atoms with Crippen molar-refractivity contribution in [3.8, 4) is 0 Å². The minimum absolute atomic E-state index is 0.196. The van der Waals surface area contributed by atoms with Crippen LogP contribution in [0.15, 0.2) is 28.7 Å². The summed E-state index contributed by atoms with van der Waals surface area (Å²) in [7, 11) is 0. The molecular formula is C18H28BrNO. The van der Waals surface area contributed by atoms with E-state index in [1.165, 1.54) is 25.7 Å². The average Bonchev–Trinajstić information content (AvgIpc) is 2.48. The Balaban J connectivity index is 2.24. The first kappa shape index (κ1) is 17.0. The maximum absolute atomic E-state index is 11.3. The molecule has 0 saturated heterocycles. The Morgan fingerprint density at radius 1 is 1.38 bits per heavy atom. The van der Waals surface area contributed by atoms with Crippen molar-refractivity contribution in [1.82, 2.24) is 0 Å². The van der Waals surface area contributed by atoms with Crippen molar-refractivity contribution in [3.05, 3.63) is 34.3 Å². The second kappa shape index (κ2) is 6.80. The topological polar surface area (TPSA) is 46.2 Å². The molecule has 0 spiro atoms. The van der Waals surface area contributed by atoms with Gasteiger partial charge in [0.2, 0.25) is 0 Å². The number of hydrogen-bond acceptors (Lipinski definition) is 2. The first-order valence-electron chi connectivity index (χ1n) is 8.13. The number of aliphatic hydroxyl groups is 1. The fraction of sp³-hybridized carbons (Fsp3) is 0.667. The summed E-state index contributed by atoms with van der Waals surface area (Å²) in [5, 5.41) is 11.3. The predicted molar refractivity (Wildman–Crippen MR) is 92.1 cm³/mol. The largest absolute Gasteiger partial charge is 0.385 e. The van der Waals surface area contributed by atoms with E-state index in [2.05, 4.69) is 22.9 Å². The highest BCUT2D eigenvalue weighted by molar-refractivity contribution is 9.10. The second-order valence-electron chi connectivity index (χ2n) is 6.80. The summed E-state index contributed by atoms with van der Waals surface area (Å²) in [4.78, 5) is 0. The van der Waals surface area contributed by atoms with E-state index in [4.69, 9.17) is 5.73 Å². The molecule has 0 amide bonds. The summed E-state index contributed by atoms with van der Waals surface area (Å²) in [6.45, 7) is 4.75. The lowest BCUT2D eigenvalue weighted by Crippen LogP contribution is -2.50. The summed E-state index contributed by atoms with van der Waals surface area (Å²) in [5.74, 6) is 0.813. The van der Waals surface area contributed by atoms with Crippen LogP contribution in [0, 0.1) is 11.3 Å². The third-order valence-corrected chi connectivity index (χ3v) is 6.06. The molecule has 118 valence electrons. The summed E-state index contributed by atoms with van der Waals surface area (Å²) in [6, 6.07) is 8.02. The van der Waals surface area contributed by atoms with Crippen molar-refractivity contribution in [3.63, 3.8) is 0 Å². The van der Waals surface area contributed by atoms with Crippen LogP contribution in [0.1, 0.15) is 57.9 Å². The van der Waals surface area contributed by atoms with Crippen molar-refractivity contribution in [1.29, 1.82) is 0 Å². The van der Waals surface area contributed by atoms with Crippen LogP contribution >= 0.6 is 15.9 Å². The average molecular weight is 354 g/mol. The maximum atomic E-state index is 11.3. The van der Waals surface area contributed by atoms with Gasteiger partial charge in [0.15, 0.2) is 0 Å². The molecule has 0 aliphatic heterocycles. The van der Waals surface area contributed by atoms with E-state index in [1.54, 1.807) is 0 Å². The van der Waals surface area contributed by atoms with Gasteiger partial charge in [0.25, 0.3) is 0 Å². The highest BCUT2D eigenvalue weighted by Gasteiger charge is 2.48. The molecule has 1 aliphatic carbocycles. The zero-order chi connectivity index (χ0) is 15.5. The molecule has 0 aromatic heterocycles. The molecule has 0 radical (unpaired) electrons. The summed E-state index contributed by atoms with van der Waals surface area (Å²) < 4.78 is 1.01. The maximum Gasteiger partial charge on any atom is 0.0936 e. The van der Waals surface area contributed by atoms with Crippen LogP contribution in [-0.4, -0.2) is 11.7 Å². The van der Waals surface area contributed by atoms with Crippen molar-refractivity contribution in [2.45, 2.75) is 58.0 Å². The first-order chi connectivity index (χ1) is 9.95. The third-order valence-electron chi connectivity index (χ3n) is 5.57. The Kier molecular flexibility index (Phi) is 5.50. The van der Waals surface area contributed by atoms with Crippen LogP contribution in [0.25, 0.3) is 0 Å². The van der Waals surface area contributed by atoms with Gasteiger partial charge in [-0.05, 0) is 56.2 Å². The van der Waals surface area contributed by atoms with Gasteiger partial charge in [0.05, 0.1) is 5.60 Å². The predicted octanol–water partition coefficient (Wildman–Crippen LogP) is 4.59. The number of rotatable bonds is 5. The minimum atomic E-state index is -0.872. The van der Waals surface area contributed by atoms with Crippen molar-refractivity contribution in [2.75, 3.05) is 6.54 Å². The van der Waals surface area contributed by atoms with E-state index in [0.717, 1.165) is 28.8 Å². The Labute approximate surface area is 137 Å². The summed E-state index contributed by atoms with van der Waals surface area (Å²) in [6.07, 6.45) is 6.98. The van der Waals surface area contributed by atoms with Crippen LogP contribution in [0.5, 0.6) is 0 Å². The zero-order valence-corrected chi connectivity index (χ0v) is 14.8. The SMILES string of the molecule is CCCC1CCC(CN)(C(C)(O)c2cccc(Br)c2)CC1. The molecule has 1 fully saturated rings. The van der Waals surface area contributed by atoms with Gasteiger partial charge >= 0.3 is 0 Å². The smallest absolute Gasteiger partial charge is 0.0936 e. The van der Waals surface area contributed by atoms with E-state index in [0.29, 0.717) is 6.54 Å². The Bertz CT molecular complexity index is 464. The molecular weight excluding hydrogens is 326 g/mol. The lowest BCUT2D eigenvalue weighted by Gasteiger charge is -2.49. The normalized spacial score (nSPS) is 29.1. The van der Waals surface area contributed by atoms with Gasteiger partial charge in [-0.15, -0.1) is 0 Å². The molecule has 2 rings (SSSR count). The fourth-order valence-corrected chi connectivity index (χ4v) is 4.31. The molecule has 1 aliphatic rings. The van der Waals surface area contributed by atoms with Gasteiger partial charge in [0, 0.05) is 16.4 Å². The second-order valence-corrected chi connectivity index (χ2v) is 7.71. The molecule has 0 bridgehead atoms. The van der Waals surface area contributed by atoms with Crippen LogP contribution in [0.2, 0.25) is 0 Å². The van der Waals surface area contributed by atoms with E-state index in [9.17, 15) is 5.11 Å². The minimum Gasteiger partial charge on any atom is -0.385 e. The van der Waals surface area contributed by atoms with E-state index in [1.807, 2.05) is 31.2 Å². The van der Waals surface area contributed by atoms with Crippen LogP contribution in [0.3, 0.4) is 0 Å². The Morgan fingerprint density at radius 3 is 2.57 bits per heavy atom. The number of hydrogen-bond donors (Lipinski definition) is 2. The van der Waals surface area contributed by atoms with Crippen molar-refractivity contribution in [2.24, 2.45) is 17.1 Å². The standard InChI is InChI=1S/C18H28BrNO/c1-3-5-14-8-10-18(13-20,11-9-14)17(2,21)15-6-4-7-16(19)12-15/h4,6-7,12,14,21H,3,5,8-11,13,20H2,1-2H3. The molecule has 1 aromatic rings. The van der Waals surface area contributed by atoms with Crippen LogP contribution in [-0.2, 0) is 5.60 Å². The molecule has 3 heteroatoms. The van der Waals surface area contributed by atoms with Gasteiger partial charge in [0.1, 0.15) is 0 Å². The van der Waals surface area contributed by atoms with E-state index in [-0.39, 0.29) is 5.41 Å². The number of halogens is 1. The van der Waals surface area contributed by atoms with E-state index >= 15 is 0 Å². The van der Waals surface area contributed by atoms with Crippen molar-refractivity contribution < 1.29 is 5.11 Å². The lowest BCUT2D eigenvalue weighted by molar-refractivity contribution is -0.0984. The van der Waals surface area contributed by atoms with Crippen LogP contribution < -0.4 is 5.73 Å². The van der Waals surface area contributed by atoms with Gasteiger partial charge in [-0.1, -0.05) is 47.8 Å². The third kappa shape index (κ3) is 3.35. The summed E-state index contributed by atoms with van der Waals surface area (Å²) >= 11 is 3.51. The highest BCUT2D eigenvalue weighted by atomic mass is 79.9. The molecule has 21 heavy (non-hydrogen) atoms. The lowest BCUT2D eigenvalue weighted by atomic mass is 9.59. The van der Waals surface area contributed by atoms with Crippen LogP contribution in [0.4, 0.5) is 0 Å². The van der Waals surface area contributed by atoms with Gasteiger partial charge in [-0.2, -0.15) is 0 Å². The van der Waals surface area contributed by atoms with Gasteiger partial charge in [-0.3, -0.25) is 0 Å². The molecule has 1 aromatic carbocycles. The van der Waals surface area contributed by atoms with E-state index < -0.39 is 5.60 Å². The quantitative estimate of drug-likeness (QED) is 0.812. The summed E-state index contributed by atoms with van der Waals surface area (Å²) in [5.41, 5.74) is 6.05. The Morgan fingerprint density at radius 2 is 2.05 bits per heavy atom. The molecule has 1 unspecified atom stereocenters. The molecule has 1 atom stereocenters. The fourth-order valence-electron chi connectivity index (χ4n) is 3.91. The zero-order valence-electron chi connectivity index (χ0n) is 13.2. The monoisotopic (exact) mass is 353 g/mol.